The summed E-state index contributed by atoms with van der Waals surface area (Å²) in [6.07, 6.45) is 2.03. The van der Waals surface area contributed by atoms with Crippen LogP contribution in [0.25, 0.3) is 10.9 Å². The Kier molecular flexibility index (Phi) is 3.84. The van der Waals surface area contributed by atoms with Crippen molar-refractivity contribution >= 4 is 34.1 Å². The highest BCUT2D eigenvalue weighted by atomic mass is 35.5. The lowest BCUT2D eigenvalue weighted by atomic mass is 10.1. The van der Waals surface area contributed by atoms with Crippen molar-refractivity contribution in [2.75, 3.05) is 5.32 Å². The van der Waals surface area contributed by atoms with Gasteiger partial charge in [0, 0.05) is 22.3 Å². The van der Waals surface area contributed by atoms with Gasteiger partial charge in [0.15, 0.2) is 0 Å². The molecule has 21 heavy (non-hydrogen) atoms. The number of fused-ring (bicyclic) bond motifs is 1. The fourth-order valence-electron chi connectivity index (χ4n) is 2.22. The van der Waals surface area contributed by atoms with Crippen LogP contribution >= 0.6 is 11.6 Å². The summed E-state index contributed by atoms with van der Waals surface area (Å²) >= 11 is 5.82. The van der Waals surface area contributed by atoms with Gasteiger partial charge in [-0.25, -0.2) is 0 Å². The first kappa shape index (κ1) is 13.6. The fraction of sp³-hybridized carbons (Fsp3) is 0.0588. The van der Waals surface area contributed by atoms with E-state index in [1.165, 1.54) is 0 Å². The third-order valence-electron chi connectivity index (χ3n) is 3.20. The van der Waals surface area contributed by atoms with Crippen molar-refractivity contribution in [1.29, 1.82) is 0 Å². The molecule has 0 atom stereocenters. The van der Waals surface area contributed by atoms with Crippen molar-refractivity contribution in [1.82, 2.24) is 4.98 Å². The molecule has 0 unspecified atom stereocenters. The molecular formula is C17H13ClN2O. The maximum absolute atomic E-state index is 12.1. The number of benzene rings is 2. The number of carbonyl (C=O) groups is 1. The molecule has 4 heteroatoms. The van der Waals surface area contributed by atoms with Gasteiger partial charge in [-0.3, -0.25) is 9.78 Å². The number of nitrogens with zero attached hydrogens (tertiary/aromatic N) is 1. The number of carbonyl (C=O) groups excluding carboxylic acids is 1. The molecule has 104 valence electrons. The van der Waals surface area contributed by atoms with Crippen molar-refractivity contribution in [3.63, 3.8) is 0 Å². The molecule has 1 heterocycles. The lowest BCUT2D eigenvalue weighted by molar-refractivity contribution is -0.115. The van der Waals surface area contributed by atoms with E-state index >= 15 is 0 Å². The van der Waals surface area contributed by atoms with Crippen molar-refractivity contribution in [3.8, 4) is 0 Å². The van der Waals surface area contributed by atoms with Gasteiger partial charge in [-0.1, -0.05) is 35.9 Å². The van der Waals surface area contributed by atoms with Gasteiger partial charge < -0.3 is 5.32 Å². The summed E-state index contributed by atoms with van der Waals surface area (Å²) in [5.41, 5.74) is 2.52. The van der Waals surface area contributed by atoms with Crippen LogP contribution in [0.2, 0.25) is 5.02 Å². The van der Waals surface area contributed by atoms with Gasteiger partial charge in [-0.2, -0.15) is 0 Å². The predicted octanol–water partition coefficient (Wildman–Crippen LogP) is 4.07. The molecule has 0 bridgehead atoms. The molecule has 2 aromatic carbocycles. The molecule has 1 amide bonds. The van der Waals surface area contributed by atoms with Gasteiger partial charge in [0.05, 0.1) is 11.9 Å². The monoisotopic (exact) mass is 296 g/mol. The van der Waals surface area contributed by atoms with Crippen molar-refractivity contribution < 1.29 is 4.79 Å². The largest absolute Gasteiger partial charge is 0.326 e. The lowest BCUT2D eigenvalue weighted by Crippen LogP contribution is -2.14. The van der Waals surface area contributed by atoms with E-state index in [-0.39, 0.29) is 12.3 Å². The van der Waals surface area contributed by atoms with Crippen molar-refractivity contribution in [3.05, 3.63) is 71.4 Å². The molecule has 0 aliphatic rings. The summed E-state index contributed by atoms with van der Waals surface area (Å²) in [7, 11) is 0. The summed E-state index contributed by atoms with van der Waals surface area (Å²) < 4.78 is 0. The molecule has 0 saturated heterocycles. The number of hydrogen-bond acceptors (Lipinski definition) is 2. The van der Waals surface area contributed by atoms with Crippen LogP contribution in [0.15, 0.2) is 60.8 Å². The minimum Gasteiger partial charge on any atom is -0.326 e. The summed E-state index contributed by atoms with van der Waals surface area (Å²) in [6.45, 7) is 0. The quantitative estimate of drug-likeness (QED) is 0.791. The first-order valence-electron chi connectivity index (χ1n) is 6.60. The average Bonchev–Trinajstić information content (AvgIpc) is 2.50. The molecule has 0 saturated carbocycles. The molecule has 1 aromatic heterocycles. The third-order valence-corrected chi connectivity index (χ3v) is 3.45. The Balaban J connectivity index is 1.79. The van der Waals surface area contributed by atoms with Gasteiger partial charge in [-0.15, -0.1) is 0 Å². The maximum Gasteiger partial charge on any atom is 0.228 e. The van der Waals surface area contributed by atoms with E-state index in [9.17, 15) is 4.79 Å². The SMILES string of the molecule is O=C(Cc1cccc2cccnc12)Nc1ccc(Cl)cc1. The summed E-state index contributed by atoms with van der Waals surface area (Å²) in [6, 6.07) is 16.8. The Morgan fingerprint density at radius 3 is 2.62 bits per heavy atom. The van der Waals surface area contributed by atoms with Crippen LogP contribution in [0.4, 0.5) is 5.69 Å². The second kappa shape index (κ2) is 5.94. The topological polar surface area (TPSA) is 42.0 Å². The van der Waals surface area contributed by atoms with Gasteiger partial charge in [0.2, 0.25) is 5.91 Å². The summed E-state index contributed by atoms with van der Waals surface area (Å²) in [5, 5.41) is 4.54. The average molecular weight is 297 g/mol. The van der Waals surface area contributed by atoms with Crippen LogP contribution in [0.3, 0.4) is 0 Å². The maximum atomic E-state index is 12.1. The number of rotatable bonds is 3. The molecule has 3 rings (SSSR count). The highest BCUT2D eigenvalue weighted by Gasteiger charge is 2.08. The third kappa shape index (κ3) is 3.20. The number of hydrogen-bond donors (Lipinski definition) is 1. The van der Waals surface area contributed by atoms with Crippen molar-refractivity contribution in [2.45, 2.75) is 6.42 Å². The van der Waals surface area contributed by atoms with E-state index in [1.54, 1.807) is 30.5 Å². The molecule has 0 aliphatic heterocycles. The van der Waals surface area contributed by atoms with Gasteiger partial charge in [0.1, 0.15) is 0 Å². The zero-order chi connectivity index (χ0) is 14.7. The van der Waals surface area contributed by atoms with E-state index in [4.69, 9.17) is 11.6 Å². The van der Waals surface area contributed by atoms with Crippen LogP contribution in [-0.2, 0) is 11.2 Å². The molecular weight excluding hydrogens is 284 g/mol. The Hall–Kier alpha value is -2.39. The number of halogens is 1. The zero-order valence-corrected chi connectivity index (χ0v) is 12.0. The molecule has 3 nitrogen and oxygen atoms in total. The number of nitrogens with one attached hydrogen (secondary N) is 1. The van der Waals surface area contributed by atoms with E-state index in [0.717, 1.165) is 22.2 Å². The lowest BCUT2D eigenvalue weighted by Gasteiger charge is -2.07. The molecule has 0 aliphatic carbocycles. The summed E-state index contributed by atoms with van der Waals surface area (Å²) in [5.74, 6) is -0.0736. The number of anilines is 1. The first-order valence-corrected chi connectivity index (χ1v) is 6.98. The highest BCUT2D eigenvalue weighted by molar-refractivity contribution is 6.30. The van der Waals surface area contributed by atoms with Crippen molar-refractivity contribution in [2.24, 2.45) is 0 Å². The summed E-state index contributed by atoms with van der Waals surface area (Å²) in [4.78, 5) is 16.5. The first-order chi connectivity index (χ1) is 10.2. The molecule has 0 spiro atoms. The fourth-order valence-corrected chi connectivity index (χ4v) is 2.35. The minimum atomic E-state index is -0.0736. The number of para-hydroxylation sites is 1. The molecule has 0 radical (unpaired) electrons. The van der Waals surface area contributed by atoms with Crippen LogP contribution in [0, 0.1) is 0 Å². The second-order valence-electron chi connectivity index (χ2n) is 4.72. The van der Waals surface area contributed by atoms with E-state index in [2.05, 4.69) is 10.3 Å². The van der Waals surface area contributed by atoms with Crippen LogP contribution < -0.4 is 5.32 Å². The Morgan fingerprint density at radius 2 is 1.81 bits per heavy atom. The smallest absolute Gasteiger partial charge is 0.228 e. The predicted molar refractivity (Wildman–Crippen MR) is 85.5 cm³/mol. The normalized spacial score (nSPS) is 10.5. The second-order valence-corrected chi connectivity index (χ2v) is 5.16. The van der Waals surface area contributed by atoms with Crippen LogP contribution in [-0.4, -0.2) is 10.9 Å². The van der Waals surface area contributed by atoms with Gasteiger partial charge in [-0.05, 0) is 35.9 Å². The standard InChI is InChI=1S/C17H13ClN2O/c18-14-6-8-15(9-7-14)20-16(21)11-13-4-1-3-12-5-2-10-19-17(12)13/h1-10H,11H2,(H,20,21). The molecule has 1 N–H and O–H groups in total. The molecule has 3 aromatic rings. The van der Waals surface area contributed by atoms with Gasteiger partial charge in [0.25, 0.3) is 0 Å². The van der Waals surface area contributed by atoms with E-state index in [0.29, 0.717) is 5.02 Å². The highest BCUT2D eigenvalue weighted by Crippen LogP contribution is 2.18. The molecule has 0 fully saturated rings. The van der Waals surface area contributed by atoms with Crippen LogP contribution in [0.1, 0.15) is 5.56 Å². The minimum absolute atomic E-state index is 0.0736. The van der Waals surface area contributed by atoms with E-state index in [1.807, 2.05) is 30.3 Å². The number of pyridine rings is 1. The number of amides is 1. The number of aromatic nitrogens is 1. The van der Waals surface area contributed by atoms with Crippen LogP contribution in [0.5, 0.6) is 0 Å². The Bertz CT molecular complexity index is 779. The zero-order valence-electron chi connectivity index (χ0n) is 11.2. The Labute approximate surface area is 127 Å². The van der Waals surface area contributed by atoms with Gasteiger partial charge >= 0.3 is 0 Å². The Morgan fingerprint density at radius 1 is 1.05 bits per heavy atom. The van der Waals surface area contributed by atoms with E-state index < -0.39 is 0 Å².